The third-order valence-electron chi connectivity index (χ3n) is 2.92. The summed E-state index contributed by atoms with van der Waals surface area (Å²) in [7, 11) is 0. The van der Waals surface area contributed by atoms with E-state index in [2.05, 4.69) is 9.84 Å². The van der Waals surface area contributed by atoms with E-state index in [0.29, 0.717) is 0 Å². The largest absolute Gasteiger partial charge is 0.462 e. The smallest absolute Gasteiger partial charge is 0.454 e. The van der Waals surface area contributed by atoms with Crippen LogP contribution in [0.1, 0.15) is 23.0 Å². The van der Waals surface area contributed by atoms with Crippen molar-refractivity contribution >= 4 is 5.97 Å². The van der Waals surface area contributed by atoms with Gasteiger partial charge in [0.05, 0.1) is 12.3 Å². The number of aliphatic hydroxyl groups is 1. The number of carbonyl (C=O) groups excluding carboxylic acids is 1. The second-order valence-corrected chi connectivity index (χ2v) is 4.51. The Balaban J connectivity index is 2.60. The molecular formula is C14H12F4N2O3. The van der Waals surface area contributed by atoms with E-state index < -0.39 is 29.3 Å². The fourth-order valence-corrected chi connectivity index (χ4v) is 1.82. The van der Waals surface area contributed by atoms with Crippen LogP contribution in [-0.4, -0.2) is 33.6 Å². The van der Waals surface area contributed by atoms with Crippen molar-refractivity contribution in [3.8, 4) is 5.69 Å². The molecule has 5 nitrogen and oxygen atoms in total. The Morgan fingerprint density at radius 2 is 1.87 bits per heavy atom. The number of nitrogens with zero attached hydrogens (tertiary/aromatic N) is 2. The lowest BCUT2D eigenvalue weighted by molar-refractivity contribution is -0.325. The third kappa shape index (κ3) is 3.19. The van der Waals surface area contributed by atoms with Gasteiger partial charge in [-0.05, 0) is 19.1 Å². The molecule has 1 atom stereocenters. The molecule has 0 bridgehead atoms. The second-order valence-electron chi connectivity index (χ2n) is 4.51. The van der Waals surface area contributed by atoms with Crippen LogP contribution in [0, 0.1) is 0 Å². The number of para-hydroxylation sites is 1. The number of esters is 1. The van der Waals surface area contributed by atoms with E-state index in [9.17, 15) is 27.5 Å². The number of hydrogen-bond donors (Lipinski definition) is 1. The van der Waals surface area contributed by atoms with Crippen LogP contribution in [-0.2, 0) is 10.6 Å². The standard InChI is InChI=1S/C14H12F4N2O3/c1-2-23-12(21)10-8-20(9-6-4-3-5-7-9)19-11(10)13(15,22)14(16,17)18/h3-8,22H,2H2,1H3. The van der Waals surface area contributed by atoms with E-state index in [1.165, 1.54) is 19.1 Å². The van der Waals surface area contributed by atoms with Crippen LogP contribution >= 0.6 is 0 Å². The second kappa shape index (κ2) is 5.99. The topological polar surface area (TPSA) is 64.4 Å². The molecule has 0 aliphatic heterocycles. The first-order chi connectivity index (χ1) is 10.7. The normalized spacial score (nSPS) is 14.3. The average molecular weight is 332 g/mol. The molecule has 0 fully saturated rings. The van der Waals surface area contributed by atoms with Crippen LogP contribution in [0.15, 0.2) is 36.5 Å². The van der Waals surface area contributed by atoms with E-state index in [4.69, 9.17) is 0 Å². The maximum absolute atomic E-state index is 13.9. The van der Waals surface area contributed by atoms with Crippen LogP contribution in [0.4, 0.5) is 17.6 Å². The third-order valence-corrected chi connectivity index (χ3v) is 2.92. The lowest BCUT2D eigenvalue weighted by Crippen LogP contribution is -2.39. The number of ether oxygens (including phenoxy) is 1. The number of alkyl halides is 4. The maximum Gasteiger partial charge on any atom is 0.454 e. The molecule has 1 heterocycles. The molecule has 0 spiro atoms. The van der Waals surface area contributed by atoms with Crippen molar-refractivity contribution in [3.05, 3.63) is 47.8 Å². The van der Waals surface area contributed by atoms with Gasteiger partial charge in [0, 0.05) is 6.20 Å². The Morgan fingerprint density at radius 1 is 1.26 bits per heavy atom. The van der Waals surface area contributed by atoms with Gasteiger partial charge in [0.25, 0.3) is 0 Å². The minimum Gasteiger partial charge on any atom is -0.462 e. The van der Waals surface area contributed by atoms with Crippen LogP contribution in [0.5, 0.6) is 0 Å². The lowest BCUT2D eigenvalue weighted by Gasteiger charge is -2.20. The van der Waals surface area contributed by atoms with Gasteiger partial charge in [-0.2, -0.15) is 22.7 Å². The molecule has 1 N–H and O–H groups in total. The van der Waals surface area contributed by atoms with Crippen molar-refractivity contribution < 1.29 is 32.2 Å². The van der Waals surface area contributed by atoms with Gasteiger partial charge < -0.3 is 9.84 Å². The highest BCUT2D eigenvalue weighted by Crippen LogP contribution is 2.41. The van der Waals surface area contributed by atoms with E-state index in [0.717, 1.165) is 10.9 Å². The highest BCUT2D eigenvalue weighted by Gasteiger charge is 2.60. The van der Waals surface area contributed by atoms with Crippen molar-refractivity contribution in [3.63, 3.8) is 0 Å². The predicted molar refractivity (Wildman–Crippen MR) is 70.6 cm³/mol. The average Bonchev–Trinajstić information content (AvgIpc) is 2.93. The molecule has 0 aliphatic carbocycles. The summed E-state index contributed by atoms with van der Waals surface area (Å²) in [6, 6.07) is 7.77. The van der Waals surface area contributed by atoms with E-state index in [-0.39, 0.29) is 12.3 Å². The predicted octanol–water partition coefficient (Wildman–Crippen LogP) is 2.73. The monoisotopic (exact) mass is 332 g/mol. The van der Waals surface area contributed by atoms with Gasteiger partial charge in [-0.15, -0.1) is 0 Å². The van der Waals surface area contributed by atoms with Crippen LogP contribution in [0.3, 0.4) is 0 Å². The zero-order valence-corrected chi connectivity index (χ0v) is 11.8. The Morgan fingerprint density at radius 3 is 2.39 bits per heavy atom. The molecular weight excluding hydrogens is 320 g/mol. The van der Waals surface area contributed by atoms with Gasteiger partial charge in [0.2, 0.25) is 0 Å². The Labute approximate surface area is 128 Å². The summed E-state index contributed by atoms with van der Waals surface area (Å²) in [6.45, 7) is 1.30. The Hall–Kier alpha value is -2.42. The minimum absolute atomic E-state index is 0.133. The molecule has 23 heavy (non-hydrogen) atoms. The van der Waals surface area contributed by atoms with Crippen molar-refractivity contribution in [2.75, 3.05) is 6.61 Å². The van der Waals surface area contributed by atoms with E-state index >= 15 is 0 Å². The SMILES string of the molecule is CCOC(=O)c1cn(-c2ccccc2)nc1C(O)(F)C(F)(F)F. The van der Waals surface area contributed by atoms with Crippen molar-refractivity contribution in [1.82, 2.24) is 9.78 Å². The summed E-state index contributed by atoms with van der Waals surface area (Å²) >= 11 is 0. The van der Waals surface area contributed by atoms with Crippen LogP contribution in [0.2, 0.25) is 0 Å². The van der Waals surface area contributed by atoms with E-state index in [1.54, 1.807) is 18.2 Å². The highest BCUT2D eigenvalue weighted by molar-refractivity contribution is 5.90. The molecule has 0 radical (unpaired) electrons. The summed E-state index contributed by atoms with van der Waals surface area (Å²) in [6.07, 6.45) is -4.79. The summed E-state index contributed by atoms with van der Waals surface area (Å²) in [4.78, 5) is 11.8. The van der Waals surface area contributed by atoms with E-state index in [1.807, 2.05) is 0 Å². The Bertz CT molecular complexity index is 696. The maximum atomic E-state index is 13.9. The minimum atomic E-state index is -5.66. The van der Waals surface area contributed by atoms with Crippen molar-refractivity contribution in [2.45, 2.75) is 19.0 Å². The lowest BCUT2D eigenvalue weighted by atomic mass is 10.1. The zero-order valence-electron chi connectivity index (χ0n) is 11.8. The number of halogens is 4. The molecule has 124 valence electrons. The molecule has 1 aromatic carbocycles. The molecule has 0 saturated heterocycles. The summed E-state index contributed by atoms with van der Waals surface area (Å²) < 4.78 is 57.5. The van der Waals surface area contributed by atoms with Gasteiger partial charge in [-0.25, -0.2) is 9.48 Å². The van der Waals surface area contributed by atoms with Gasteiger partial charge in [0.15, 0.2) is 5.69 Å². The fraction of sp³-hybridized carbons (Fsp3) is 0.286. The van der Waals surface area contributed by atoms with Crippen LogP contribution < -0.4 is 0 Å². The molecule has 0 aliphatic rings. The fourth-order valence-electron chi connectivity index (χ4n) is 1.82. The van der Waals surface area contributed by atoms with Gasteiger partial charge in [-0.1, -0.05) is 18.2 Å². The zero-order chi connectivity index (χ0) is 17.3. The van der Waals surface area contributed by atoms with Gasteiger partial charge in [-0.3, -0.25) is 0 Å². The molecule has 0 amide bonds. The quantitative estimate of drug-likeness (QED) is 0.691. The number of aromatic nitrogens is 2. The molecule has 0 saturated carbocycles. The summed E-state index contributed by atoms with van der Waals surface area (Å²) in [5.74, 6) is -6.00. The van der Waals surface area contributed by atoms with Gasteiger partial charge >= 0.3 is 18.0 Å². The number of benzene rings is 1. The number of hydrogen-bond acceptors (Lipinski definition) is 4. The summed E-state index contributed by atoms with van der Waals surface area (Å²) in [5, 5.41) is 12.6. The van der Waals surface area contributed by atoms with Crippen molar-refractivity contribution in [2.24, 2.45) is 0 Å². The van der Waals surface area contributed by atoms with Crippen molar-refractivity contribution in [1.29, 1.82) is 0 Å². The van der Waals surface area contributed by atoms with Crippen LogP contribution in [0.25, 0.3) is 5.69 Å². The first-order valence-corrected chi connectivity index (χ1v) is 6.49. The highest BCUT2D eigenvalue weighted by atomic mass is 19.4. The first kappa shape index (κ1) is 16.9. The molecule has 2 aromatic rings. The summed E-state index contributed by atoms with van der Waals surface area (Å²) in [5.41, 5.74) is -1.99. The van der Waals surface area contributed by atoms with Gasteiger partial charge in [0.1, 0.15) is 5.56 Å². The molecule has 2 rings (SSSR count). The molecule has 9 heteroatoms. The number of rotatable bonds is 4. The molecule has 1 aromatic heterocycles. The Kier molecular flexibility index (Phi) is 4.42. The molecule has 1 unspecified atom stereocenters. The number of carbonyl (C=O) groups is 1. The first-order valence-electron chi connectivity index (χ1n) is 6.49.